The van der Waals surface area contributed by atoms with E-state index in [1.807, 2.05) is 31.2 Å². The molecule has 2 rings (SSSR count). The molecular formula is C15H21NO3. The van der Waals surface area contributed by atoms with Gasteiger partial charge in [-0.15, -0.1) is 0 Å². The maximum absolute atomic E-state index is 11.2. The summed E-state index contributed by atoms with van der Waals surface area (Å²) in [5, 5.41) is 12.5. The van der Waals surface area contributed by atoms with E-state index in [1.54, 1.807) is 0 Å². The van der Waals surface area contributed by atoms with Crippen LogP contribution in [0, 0.1) is 5.41 Å². The molecule has 0 radical (unpaired) electrons. The van der Waals surface area contributed by atoms with E-state index in [4.69, 9.17) is 4.74 Å². The summed E-state index contributed by atoms with van der Waals surface area (Å²) >= 11 is 0. The number of rotatable bonds is 7. The lowest BCUT2D eigenvalue weighted by molar-refractivity contribution is -0.154. The fraction of sp³-hybridized carbons (Fsp3) is 0.533. The van der Waals surface area contributed by atoms with E-state index in [0.29, 0.717) is 19.7 Å². The minimum Gasteiger partial charge on any atom is -0.494 e. The maximum atomic E-state index is 11.2. The second-order valence-corrected chi connectivity index (χ2v) is 5.12. The van der Waals surface area contributed by atoms with Crippen LogP contribution in [0.2, 0.25) is 0 Å². The SMILES string of the molecule is CCOc1ccc(CNCC2(C(=O)O)CCC2)cc1. The molecule has 2 N–H and O–H groups in total. The molecule has 0 saturated heterocycles. The maximum Gasteiger partial charge on any atom is 0.310 e. The summed E-state index contributed by atoms with van der Waals surface area (Å²) in [6, 6.07) is 7.89. The first-order valence-corrected chi connectivity index (χ1v) is 6.82. The molecule has 0 heterocycles. The van der Waals surface area contributed by atoms with E-state index in [1.165, 1.54) is 0 Å². The summed E-state index contributed by atoms with van der Waals surface area (Å²) in [4.78, 5) is 11.2. The van der Waals surface area contributed by atoms with Crippen LogP contribution in [0.4, 0.5) is 0 Å². The van der Waals surface area contributed by atoms with Crippen LogP contribution in [0.25, 0.3) is 0 Å². The topological polar surface area (TPSA) is 58.6 Å². The fourth-order valence-corrected chi connectivity index (χ4v) is 2.39. The molecule has 0 aromatic heterocycles. The highest BCUT2D eigenvalue weighted by Crippen LogP contribution is 2.40. The Morgan fingerprint density at radius 1 is 1.37 bits per heavy atom. The average molecular weight is 263 g/mol. The molecule has 0 atom stereocenters. The molecular weight excluding hydrogens is 242 g/mol. The lowest BCUT2D eigenvalue weighted by Crippen LogP contribution is -2.45. The largest absolute Gasteiger partial charge is 0.494 e. The van der Waals surface area contributed by atoms with Crippen LogP contribution in [0.5, 0.6) is 5.75 Å². The highest BCUT2D eigenvalue weighted by molar-refractivity contribution is 5.76. The van der Waals surface area contributed by atoms with Crippen LogP contribution in [-0.2, 0) is 11.3 Å². The van der Waals surface area contributed by atoms with Gasteiger partial charge in [-0.05, 0) is 37.5 Å². The summed E-state index contributed by atoms with van der Waals surface area (Å²) in [6.45, 7) is 3.87. The number of nitrogens with one attached hydrogen (secondary N) is 1. The molecule has 0 aliphatic heterocycles. The fourth-order valence-electron chi connectivity index (χ4n) is 2.39. The van der Waals surface area contributed by atoms with Gasteiger partial charge in [-0.1, -0.05) is 18.6 Å². The van der Waals surface area contributed by atoms with E-state index >= 15 is 0 Å². The second-order valence-electron chi connectivity index (χ2n) is 5.12. The third-order valence-electron chi connectivity index (χ3n) is 3.79. The van der Waals surface area contributed by atoms with Gasteiger partial charge in [-0.25, -0.2) is 0 Å². The monoisotopic (exact) mass is 263 g/mol. The van der Waals surface area contributed by atoms with Crippen molar-refractivity contribution < 1.29 is 14.6 Å². The molecule has 104 valence electrons. The van der Waals surface area contributed by atoms with Gasteiger partial charge in [0, 0.05) is 13.1 Å². The Labute approximate surface area is 113 Å². The molecule has 0 amide bonds. The van der Waals surface area contributed by atoms with E-state index in [-0.39, 0.29) is 0 Å². The van der Waals surface area contributed by atoms with Crippen LogP contribution >= 0.6 is 0 Å². The first kappa shape index (κ1) is 13.9. The molecule has 0 spiro atoms. The van der Waals surface area contributed by atoms with Crippen molar-refractivity contribution in [1.29, 1.82) is 0 Å². The number of hydrogen-bond acceptors (Lipinski definition) is 3. The molecule has 1 aromatic rings. The summed E-state index contributed by atoms with van der Waals surface area (Å²) in [5.74, 6) is 0.199. The van der Waals surface area contributed by atoms with Gasteiger partial charge >= 0.3 is 5.97 Å². The number of carbonyl (C=O) groups is 1. The summed E-state index contributed by atoms with van der Waals surface area (Å²) in [7, 11) is 0. The van der Waals surface area contributed by atoms with Gasteiger partial charge in [0.15, 0.2) is 0 Å². The predicted molar refractivity (Wildman–Crippen MR) is 73.2 cm³/mol. The van der Waals surface area contributed by atoms with Crippen LogP contribution < -0.4 is 10.1 Å². The molecule has 1 aliphatic rings. The zero-order valence-electron chi connectivity index (χ0n) is 11.3. The summed E-state index contributed by atoms with van der Waals surface area (Å²) in [5.41, 5.74) is 0.619. The second kappa shape index (κ2) is 6.06. The number of carboxylic acid groups (broad SMARTS) is 1. The minimum absolute atomic E-state index is 0.523. The zero-order valence-corrected chi connectivity index (χ0v) is 11.3. The van der Waals surface area contributed by atoms with Crippen molar-refractivity contribution in [2.75, 3.05) is 13.2 Å². The number of hydrogen-bond donors (Lipinski definition) is 2. The highest BCUT2D eigenvalue weighted by atomic mass is 16.5. The third-order valence-corrected chi connectivity index (χ3v) is 3.79. The van der Waals surface area contributed by atoms with E-state index < -0.39 is 11.4 Å². The number of carboxylic acids is 1. The van der Waals surface area contributed by atoms with Gasteiger partial charge in [0.1, 0.15) is 5.75 Å². The highest BCUT2D eigenvalue weighted by Gasteiger charge is 2.43. The third kappa shape index (κ3) is 3.26. The van der Waals surface area contributed by atoms with E-state index in [9.17, 15) is 9.90 Å². The Balaban J connectivity index is 1.80. The normalized spacial score (nSPS) is 16.7. The molecule has 4 nitrogen and oxygen atoms in total. The molecule has 1 aromatic carbocycles. The lowest BCUT2D eigenvalue weighted by atomic mass is 9.69. The van der Waals surface area contributed by atoms with Gasteiger partial charge in [-0.3, -0.25) is 4.79 Å². The Morgan fingerprint density at radius 2 is 2.05 bits per heavy atom. The molecule has 1 saturated carbocycles. The molecule has 0 bridgehead atoms. The Kier molecular flexibility index (Phi) is 4.43. The van der Waals surface area contributed by atoms with Crippen molar-refractivity contribution in [2.45, 2.75) is 32.7 Å². The van der Waals surface area contributed by atoms with Crippen LogP contribution in [0.3, 0.4) is 0 Å². The van der Waals surface area contributed by atoms with Crippen LogP contribution in [0.15, 0.2) is 24.3 Å². The van der Waals surface area contributed by atoms with Gasteiger partial charge in [0.25, 0.3) is 0 Å². The smallest absolute Gasteiger partial charge is 0.310 e. The lowest BCUT2D eigenvalue weighted by Gasteiger charge is -2.37. The molecule has 1 aliphatic carbocycles. The average Bonchev–Trinajstić information content (AvgIpc) is 2.34. The van der Waals surface area contributed by atoms with Gasteiger partial charge < -0.3 is 15.2 Å². The van der Waals surface area contributed by atoms with Crippen molar-refractivity contribution in [1.82, 2.24) is 5.32 Å². The first-order valence-electron chi connectivity index (χ1n) is 6.82. The number of aliphatic carboxylic acids is 1. The van der Waals surface area contributed by atoms with Crippen molar-refractivity contribution in [3.8, 4) is 5.75 Å². The number of benzene rings is 1. The van der Waals surface area contributed by atoms with Gasteiger partial charge in [0.05, 0.1) is 12.0 Å². The van der Waals surface area contributed by atoms with Crippen LogP contribution in [-0.4, -0.2) is 24.2 Å². The Hall–Kier alpha value is -1.55. The van der Waals surface area contributed by atoms with E-state index in [0.717, 1.165) is 30.6 Å². The zero-order chi connectivity index (χ0) is 13.7. The summed E-state index contributed by atoms with van der Waals surface area (Å²) in [6.07, 6.45) is 2.61. The molecule has 4 heteroatoms. The van der Waals surface area contributed by atoms with Crippen molar-refractivity contribution in [2.24, 2.45) is 5.41 Å². The van der Waals surface area contributed by atoms with E-state index in [2.05, 4.69) is 5.32 Å². The molecule has 19 heavy (non-hydrogen) atoms. The van der Waals surface area contributed by atoms with Gasteiger partial charge in [0.2, 0.25) is 0 Å². The Bertz CT molecular complexity index is 424. The van der Waals surface area contributed by atoms with Crippen molar-refractivity contribution >= 4 is 5.97 Å². The Morgan fingerprint density at radius 3 is 2.53 bits per heavy atom. The standard InChI is InChI=1S/C15H21NO3/c1-2-19-13-6-4-12(5-7-13)10-16-11-15(14(17)18)8-3-9-15/h4-7,16H,2-3,8-11H2,1H3,(H,17,18). The number of ether oxygens (including phenoxy) is 1. The van der Waals surface area contributed by atoms with Gasteiger partial charge in [-0.2, -0.15) is 0 Å². The first-order chi connectivity index (χ1) is 9.16. The van der Waals surface area contributed by atoms with Crippen LogP contribution in [0.1, 0.15) is 31.7 Å². The summed E-state index contributed by atoms with van der Waals surface area (Å²) < 4.78 is 5.38. The molecule has 0 unspecified atom stereocenters. The predicted octanol–water partition coefficient (Wildman–Crippen LogP) is 2.43. The van der Waals surface area contributed by atoms with Crippen molar-refractivity contribution in [3.05, 3.63) is 29.8 Å². The molecule has 1 fully saturated rings. The minimum atomic E-state index is -0.669. The van der Waals surface area contributed by atoms with Crippen molar-refractivity contribution in [3.63, 3.8) is 0 Å². The quantitative estimate of drug-likeness (QED) is 0.793.